The van der Waals surface area contributed by atoms with Gasteiger partial charge in [0, 0.05) is 30.5 Å². The average molecular weight is 1410 g/mol. The molecule has 0 atom stereocenters. The number of esters is 1. The summed E-state index contributed by atoms with van der Waals surface area (Å²) in [4.78, 5) is 89.6. The number of nitrogen functional groups attached to an aromatic ring is 5. The van der Waals surface area contributed by atoms with Crippen LogP contribution in [0.1, 0.15) is 86.9 Å². The Balaban J connectivity index is 0.000000231. The van der Waals surface area contributed by atoms with Crippen molar-refractivity contribution in [2.24, 2.45) is 5.84 Å². The van der Waals surface area contributed by atoms with E-state index >= 15 is 0 Å². The van der Waals surface area contributed by atoms with E-state index in [-0.39, 0.29) is 83.7 Å². The third-order valence-electron chi connectivity index (χ3n) is 11.9. The topological polar surface area (TPSA) is 529 Å². The van der Waals surface area contributed by atoms with Crippen molar-refractivity contribution < 1.29 is 58.4 Å². The Hall–Kier alpha value is -10.1. The maximum Gasteiger partial charge on any atom is 0.360 e. The number of carbonyl (C=O) groups is 5. The van der Waals surface area contributed by atoms with Gasteiger partial charge in [-0.2, -0.15) is 0 Å². The highest BCUT2D eigenvalue weighted by Gasteiger charge is 2.24. The van der Waals surface area contributed by atoms with Crippen molar-refractivity contribution in [1.29, 1.82) is 0 Å². The molecule has 38 heteroatoms. The van der Waals surface area contributed by atoms with Crippen molar-refractivity contribution in [2.75, 3.05) is 35.4 Å². The van der Waals surface area contributed by atoms with Crippen LogP contribution in [-0.2, 0) is 43.8 Å². The van der Waals surface area contributed by atoms with Crippen LogP contribution >= 0.6 is 28.1 Å². The number of benzene rings is 3. The number of sulfone groups is 3. The molecule has 8 rings (SSSR count). The average Bonchev–Trinajstić information content (AvgIpc) is 0.921. The second-order valence-corrected chi connectivity index (χ2v) is 28.1. The molecule has 0 aliphatic carbocycles. The number of anilines is 5. The lowest BCUT2D eigenvalue weighted by Crippen LogP contribution is -2.48. The number of thiocarbonyl (C=S) groups is 1. The fourth-order valence-electron chi connectivity index (χ4n) is 6.94. The number of hydrogen-bond acceptors (Lipinski definition) is 29. The molecule has 92 heavy (non-hydrogen) atoms. The Morgan fingerprint density at radius 1 is 0.533 bits per heavy atom. The van der Waals surface area contributed by atoms with Gasteiger partial charge in [0.15, 0.2) is 80.7 Å². The smallest absolute Gasteiger partial charge is 0.360 e. The predicted octanol–water partition coefficient (Wildman–Crippen LogP) is 3.60. The van der Waals surface area contributed by atoms with E-state index in [1.807, 2.05) is 5.43 Å². The molecule has 8 aromatic rings. The van der Waals surface area contributed by atoms with E-state index in [9.17, 15) is 49.2 Å². The van der Waals surface area contributed by atoms with Crippen LogP contribution in [0, 0.1) is 0 Å². The van der Waals surface area contributed by atoms with E-state index in [0.29, 0.717) is 38.4 Å². The zero-order valence-electron chi connectivity index (χ0n) is 50.1. The van der Waals surface area contributed by atoms with Crippen LogP contribution in [0.25, 0.3) is 45.4 Å². The first-order chi connectivity index (χ1) is 43.1. The molecule has 0 bridgehead atoms. The molecule has 0 aliphatic heterocycles. The molecule has 3 aromatic carbocycles. The van der Waals surface area contributed by atoms with Gasteiger partial charge in [0.1, 0.15) is 4.60 Å². The number of rotatable bonds is 14. The summed E-state index contributed by atoms with van der Waals surface area (Å²) in [5.41, 5.74) is 31.9. The van der Waals surface area contributed by atoms with Crippen molar-refractivity contribution in [3.8, 4) is 45.4 Å². The van der Waals surface area contributed by atoms with Crippen molar-refractivity contribution in [1.82, 2.24) is 71.7 Å². The molecule has 0 unspecified atom stereocenters. The van der Waals surface area contributed by atoms with Crippen LogP contribution in [0.5, 0.6) is 0 Å². The zero-order valence-corrected chi connectivity index (χ0v) is 55.0. The highest BCUT2D eigenvalue weighted by Crippen LogP contribution is 2.29. The lowest BCUT2D eigenvalue weighted by atomic mass is 10.1. The van der Waals surface area contributed by atoms with Gasteiger partial charge < -0.3 is 37.4 Å². The van der Waals surface area contributed by atoms with E-state index in [1.54, 1.807) is 77.9 Å². The molecule has 0 spiro atoms. The normalized spacial score (nSPS) is 11.1. The van der Waals surface area contributed by atoms with Gasteiger partial charge in [0.25, 0.3) is 17.7 Å². The lowest BCUT2D eigenvalue weighted by Gasteiger charge is -2.11. The summed E-state index contributed by atoms with van der Waals surface area (Å²) in [5.74, 6) is 2.30. The fourth-order valence-corrected chi connectivity index (χ4v) is 10.6. The Morgan fingerprint density at radius 3 is 1.32 bits per heavy atom. The summed E-state index contributed by atoms with van der Waals surface area (Å²) in [7, 11) is -8.85. The van der Waals surface area contributed by atoms with Gasteiger partial charge in [-0.05, 0) is 106 Å². The Kier molecular flexibility index (Phi) is 24.9. The SMILES string of the molecule is CC(=O)NC(=S)NNC(=O)c1nc(-c2ccc(S(=O)(=O)C(C)C)cc2)cnc1N.CC(=O)Nc1nnc(-c2nc(-c3ccc(S(=O)(=O)C(C)C)cc3)cnc2N)o1.CC(C)S(=O)(=O)c1ccc(-c2cnc(N)c(C(=O)NN)n2)cc1.COC(=O)c1nc(Br)cnc1N. The van der Waals surface area contributed by atoms with Crippen LogP contribution in [0.15, 0.2) is 121 Å². The van der Waals surface area contributed by atoms with Crippen LogP contribution in [0.2, 0.25) is 0 Å². The second kappa shape index (κ2) is 31.5. The molecule has 0 saturated carbocycles. The second-order valence-electron chi connectivity index (χ2n) is 19.4. The van der Waals surface area contributed by atoms with Gasteiger partial charge in [0.05, 0.1) is 79.4 Å². The third-order valence-corrected chi connectivity index (χ3v) is 19.0. The van der Waals surface area contributed by atoms with E-state index in [2.05, 4.69) is 92.2 Å². The maximum absolute atomic E-state index is 12.3. The molecular weight excluding hydrogens is 1340 g/mol. The van der Waals surface area contributed by atoms with Crippen molar-refractivity contribution in [2.45, 2.75) is 85.8 Å². The first kappa shape index (κ1) is 72.6. The third kappa shape index (κ3) is 19.0. The molecule has 5 aromatic heterocycles. The number of nitrogens with two attached hydrogens (primary N) is 5. The molecule has 0 aliphatic rings. The highest BCUT2D eigenvalue weighted by molar-refractivity contribution is 9.10. The van der Waals surface area contributed by atoms with E-state index < -0.39 is 69.0 Å². The van der Waals surface area contributed by atoms with Gasteiger partial charge in [-0.25, -0.2) is 75.8 Å². The minimum absolute atomic E-state index is 0.00499. The first-order valence-corrected chi connectivity index (χ1v) is 32.2. The van der Waals surface area contributed by atoms with Crippen LogP contribution < -0.4 is 55.7 Å². The van der Waals surface area contributed by atoms with E-state index in [1.165, 1.54) is 82.1 Å². The van der Waals surface area contributed by atoms with Gasteiger partial charge in [0.2, 0.25) is 11.8 Å². The number of aromatic nitrogens is 10. The minimum Gasteiger partial charge on any atom is -0.464 e. The molecule has 4 amide bonds. The number of amides is 4. The van der Waals surface area contributed by atoms with Crippen LogP contribution in [0.4, 0.5) is 29.3 Å². The summed E-state index contributed by atoms with van der Waals surface area (Å²) in [6.45, 7) is 12.3. The van der Waals surface area contributed by atoms with Gasteiger partial charge in [-0.15, -0.1) is 5.10 Å². The van der Waals surface area contributed by atoms with Gasteiger partial charge in [-0.1, -0.05) is 41.5 Å². The zero-order chi connectivity index (χ0) is 68.6. The number of hydrogen-bond donors (Lipinski definition) is 10. The predicted molar refractivity (Wildman–Crippen MR) is 344 cm³/mol. The van der Waals surface area contributed by atoms with Crippen molar-refractivity contribution >= 4 is 122 Å². The maximum atomic E-state index is 12.3. The van der Waals surface area contributed by atoms with Gasteiger partial charge >= 0.3 is 12.0 Å². The Morgan fingerprint density at radius 2 is 0.924 bits per heavy atom. The summed E-state index contributed by atoms with van der Waals surface area (Å²) in [5, 5.41) is 10.5. The van der Waals surface area contributed by atoms with Crippen molar-refractivity contribution in [3.63, 3.8) is 0 Å². The monoisotopic (exact) mass is 1400 g/mol. The molecule has 486 valence electrons. The number of nitrogens with one attached hydrogen (secondary N) is 5. The Bertz CT molecular complexity index is 4390. The summed E-state index contributed by atoms with van der Waals surface area (Å²) < 4.78 is 83.3. The van der Waals surface area contributed by atoms with Crippen LogP contribution in [-0.4, -0.2) is 133 Å². The fraction of sp³-hybridized carbons (Fsp3) is 0.222. The molecule has 0 saturated heterocycles. The molecule has 33 nitrogen and oxygen atoms in total. The molecule has 0 radical (unpaired) electrons. The standard InChI is InChI=1S/C17H20N6O4S2.C17H18N6O4S.C14H17N5O3S.C6H6BrN3O2/c1-9(2)29(26,27)12-6-4-11(5-7-12)13-8-19-15(18)14(21-13)16(25)22-23-17(28)20-10(3)24;1-9(2)28(25,26)12-6-4-11(5-7-12)13-8-19-15(18)14(21-13)16-22-23-17(27-16)20-10(3)24;1-8(2)23(21,22)10-5-3-9(4-6-10)11-7-17-13(15)12(18-11)14(20)19-16;1-12-6(11)4-5(8)9-2-3(7)10-4/h4-9H,1-3H3,(H2,18,19)(H,22,25)(H2,20,23,24,28);4-9H,1-3H3,(H2,18,19)(H,20,23,24);3-8H,16H2,1-2H3,(H2,15,17)(H,19,20);2H,1H3,(H2,8,9). The van der Waals surface area contributed by atoms with E-state index in [4.69, 9.17) is 45.4 Å². The lowest BCUT2D eigenvalue weighted by molar-refractivity contribution is -0.117. The number of nitrogens with zero attached hydrogens (tertiary/aromatic N) is 10. The summed E-state index contributed by atoms with van der Waals surface area (Å²) in [6.07, 6.45) is 5.62. The van der Waals surface area contributed by atoms with Gasteiger partial charge in [-0.3, -0.25) is 40.8 Å². The Labute approximate surface area is 540 Å². The summed E-state index contributed by atoms with van der Waals surface area (Å²) in [6, 6.07) is 18.5. The first-order valence-electron chi connectivity index (χ1n) is 26.4. The quantitative estimate of drug-likeness (QED) is 0.0244. The highest BCUT2D eigenvalue weighted by atomic mass is 79.9. The molecule has 5 heterocycles. The molecular formula is C54H61BrN20O13S4. The number of ether oxygens (including phenoxy) is 1. The molecule has 15 N–H and O–H groups in total. The molecule has 0 fully saturated rings. The number of carbonyl (C=O) groups excluding carboxylic acids is 5. The minimum atomic E-state index is -3.40. The number of halogens is 1. The number of hydrazine groups is 2. The summed E-state index contributed by atoms with van der Waals surface area (Å²) >= 11 is 7.88. The van der Waals surface area contributed by atoms with E-state index in [0.717, 1.165) is 0 Å². The number of methoxy groups -OCH3 is 1. The van der Waals surface area contributed by atoms with Crippen molar-refractivity contribution in [3.05, 3.63) is 119 Å². The largest absolute Gasteiger partial charge is 0.464 e. The van der Waals surface area contributed by atoms with Crippen LogP contribution in [0.3, 0.4) is 0 Å².